The van der Waals surface area contributed by atoms with Crippen molar-refractivity contribution in [1.82, 2.24) is 4.90 Å². The summed E-state index contributed by atoms with van der Waals surface area (Å²) in [5.41, 5.74) is 1.76. The van der Waals surface area contributed by atoms with Crippen LogP contribution >= 0.6 is 0 Å². The van der Waals surface area contributed by atoms with Crippen LogP contribution in [-0.2, 0) is 9.59 Å². The summed E-state index contributed by atoms with van der Waals surface area (Å²) in [6.07, 6.45) is 0. The molecule has 0 aliphatic carbocycles. The van der Waals surface area contributed by atoms with Gasteiger partial charge >= 0.3 is 0 Å². The van der Waals surface area contributed by atoms with Crippen molar-refractivity contribution in [1.29, 1.82) is 0 Å². The van der Waals surface area contributed by atoms with Gasteiger partial charge in [-0.3, -0.25) is 9.59 Å². The van der Waals surface area contributed by atoms with Gasteiger partial charge in [-0.05, 0) is 24.6 Å². The van der Waals surface area contributed by atoms with E-state index in [4.69, 9.17) is 4.74 Å². The summed E-state index contributed by atoms with van der Waals surface area (Å²) in [4.78, 5) is 27.3. The Hall–Kier alpha value is -2.86. The van der Waals surface area contributed by atoms with Crippen molar-refractivity contribution in [3.8, 4) is 5.75 Å². The number of rotatable bonds is 8. The Bertz CT molecular complexity index is 764. The summed E-state index contributed by atoms with van der Waals surface area (Å²) in [7, 11) is 5.21. The Morgan fingerprint density at radius 2 is 1.81 bits per heavy atom. The second-order valence-corrected chi connectivity index (χ2v) is 6.68. The number of carbonyl (C=O) groups excluding carboxylic acids is 2. The summed E-state index contributed by atoms with van der Waals surface area (Å²) in [6, 6.07) is 17.1. The van der Waals surface area contributed by atoms with Gasteiger partial charge in [0.15, 0.2) is 13.1 Å². The molecule has 0 aliphatic rings. The second-order valence-electron chi connectivity index (χ2n) is 6.68. The Morgan fingerprint density at radius 3 is 2.48 bits per heavy atom. The zero-order valence-electron chi connectivity index (χ0n) is 16.4. The highest BCUT2D eigenvalue weighted by Crippen LogP contribution is 2.18. The lowest BCUT2D eigenvalue weighted by Crippen LogP contribution is -3.11. The third kappa shape index (κ3) is 6.11. The van der Waals surface area contributed by atoms with Gasteiger partial charge in [-0.15, -0.1) is 0 Å². The first-order valence-corrected chi connectivity index (χ1v) is 8.96. The molecule has 2 aromatic rings. The molecule has 0 saturated carbocycles. The van der Waals surface area contributed by atoms with Gasteiger partial charge in [-0.25, -0.2) is 0 Å². The molecule has 0 heterocycles. The summed E-state index contributed by atoms with van der Waals surface area (Å²) in [6.45, 7) is 2.45. The number of hydrogen-bond acceptors (Lipinski definition) is 3. The van der Waals surface area contributed by atoms with Crippen molar-refractivity contribution >= 4 is 17.5 Å². The topological polar surface area (TPSA) is 63.1 Å². The van der Waals surface area contributed by atoms with Crippen molar-refractivity contribution in [2.75, 3.05) is 39.6 Å². The summed E-state index contributed by atoms with van der Waals surface area (Å²) in [5, 5.41) is 2.83. The number of nitrogens with one attached hydrogen (secondary N) is 2. The fraction of sp³-hybridized carbons (Fsp3) is 0.333. The molecule has 0 aromatic heterocycles. The molecule has 2 aromatic carbocycles. The maximum atomic E-state index is 12.5. The predicted octanol–water partition coefficient (Wildman–Crippen LogP) is 1.37. The molecule has 144 valence electrons. The lowest BCUT2D eigenvalue weighted by molar-refractivity contribution is -0.862. The van der Waals surface area contributed by atoms with Crippen LogP contribution in [0.2, 0.25) is 0 Å². The lowest BCUT2D eigenvalue weighted by Gasteiger charge is -2.26. The average Bonchev–Trinajstić information content (AvgIpc) is 2.67. The Morgan fingerprint density at radius 1 is 1.11 bits per heavy atom. The molecular formula is C21H28N3O3+. The Labute approximate surface area is 160 Å². The number of amides is 2. The molecular weight excluding hydrogens is 342 g/mol. The van der Waals surface area contributed by atoms with E-state index in [0.29, 0.717) is 11.4 Å². The van der Waals surface area contributed by atoms with E-state index in [1.807, 2.05) is 56.4 Å². The minimum absolute atomic E-state index is 0.00182. The Kier molecular flexibility index (Phi) is 7.37. The fourth-order valence-electron chi connectivity index (χ4n) is 2.80. The van der Waals surface area contributed by atoms with E-state index in [-0.39, 0.29) is 30.9 Å². The van der Waals surface area contributed by atoms with Gasteiger partial charge in [0.1, 0.15) is 5.75 Å². The van der Waals surface area contributed by atoms with Crippen molar-refractivity contribution < 1.29 is 19.2 Å². The first-order valence-electron chi connectivity index (χ1n) is 8.96. The summed E-state index contributed by atoms with van der Waals surface area (Å²) < 4.78 is 5.15. The molecule has 2 atom stereocenters. The first-order chi connectivity index (χ1) is 12.9. The molecule has 0 spiro atoms. The van der Waals surface area contributed by atoms with Crippen LogP contribution in [0.1, 0.15) is 18.5 Å². The second kappa shape index (κ2) is 9.73. The number of nitrogens with zero attached hydrogens (tertiary/aromatic N) is 1. The van der Waals surface area contributed by atoms with Crippen molar-refractivity contribution in [2.45, 2.75) is 13.0 Å². The molecule has 2 amide bonds. The first kappa shape index (κ1) is 20.5. The highest BCUT2D eigenvalue weighted by Gasteiger charge is 2.21. The van der Waals surface area contributed by atoms with E-state index in [0.717, 1.165) is 10.5 Å². The van der Waals surface area contributed by atoms with E-state index >= 15 is 0 Å². The molecule has 0 aliphatic heterocycles. The van der Waals surface area contributed by atoms with Crippen LogP contribution in [0.3, 0.4) is 0 Å². The van der Waals surface area contributed by atoms with Gasteiger partial charge in [-0.1, -0.05) is 36.4 Å². The maximum absolute atomic E-state index is 12.5. The van der Waals surface area contributed by atoms with Crippen LogP contribution in [0.5, 0.6) is 5.75 Å². The van der Waals surface area contributed by atoms with Gasteiger partial charge in [0, 0.05) is 18.8 Å². The van der Waals surface area contributed by atoms with Crippen LogP contribution in [0.15, 0.2) is 54.6 Å². The van der Waals surface area contributed by atoms with Crippen molar-refractivity contribution in [3.05, 3.63) is 60.2 Å². The lowest BCUT2D eigenvalue weighted by atomic mass is 10.1. The number of hydrogen-bond donors (Lipinski definition) is 2. The van der Waals surface area contributed by atoms with Crippen LogP contribution in [-0.4, -0.2) is 51.0 Å². The maximum Gasteiger partial charge on any atom is 0.279 e. The molecule has 6 heteroatoms. The van der Waals surface area contributed by atoms with E-state index in [1.54, 1.807) is 31.2 Å². The zero-order valence-corrected chi connectivity index (χ0v) is 16.4. The smallest absolute Gasteiger partial charge is 0.279 e. The van der Waals surface area contributed by atoms with Crippen LogP contribution in [0.25, 0.3) is 0 Å². The largest absolute Gasteiger partial charge is 0.497 e. The number of likely N-dealkylation sites (N-methyl/N-ethyl adjacent to an activating group) is 2. The number of methoxy groups -OCH3 is 1. The highest BCUT2D eigenvalue weighted by molar-refractivity contribution is 5.91. The fourth-order valence-corrected chi connectivity index (χ4v) is 2.80. The normalized spacial score (nSPS) is 12.7. The molecule has 0 fully saturated rings. The minimum atomic E-state index is -0.146. The highest BCUT2D eigenvalue weighted by atomic mass is 16.5. The zero-order chi connectivity index (χ0) is 19.8. The van der Waals surface area contributed by atoms with E-state index < -0.39 is 0 Å². The number of carbonyl (C=O) groups is 2. The van der Waals surface area contributed by atoms with E-state index in [1.165, 1.54) is 0 Å². The van der Waals surface area contributed by atoms with Gasteiger partial charge in [0.05, 0.1) is 20.2 Å². The SMILES string of the molecule is COc1cccc(NC(=O)C[NH+](C)CC(=O)N(C)[C@@H](C)c2ccccc2)c1. The molecule has 0 bridgehead atoms. The van der Waals surface area contributed by atoms with Gasteiger partial charge < -0.3 is 19.9 Å². The quantitative estimate of drug-likeness (QED) is 0.738. The average molecular weight is 370 g/mol. The monoisotopic (exact) mass is 370 g/mol. The van der Waals surface area contributed by atoms with Crippen molar-refractivity contribution in [3.63, 3.8) is 0 Å². The third-order valence-electron chi connectivity index (χ3n) is 4.53. The molecule has 0 saturated heterocycles. The van der Waals surface area contributed by atoms with Crippen LogP contribution in [0.4, 0.5) is 5.69 Å². The third-order valence-corrected chi connectivity index (χ3v) is 4.53. The van der Waals surface area contributed by atoms with Crippen LogP contribution < -0.4 is 15.0 Å². The molecule has 1 unspecified atom stereocenters. The molecule has 6 nitrogen and oxygen atoms in total. The van der Waals surface area contributed by atoms with Gasteiger partial charge in [0.25, 0.3) is 11.8 Å². The number of quaternary nitrogens is 1. The van der Waals surface area contributed by atoms with Crippen LogP contribution in [0, 0.1) is 0 Å². The van der Waals surface area contributed by atoms with Crippen molar-refractivity contribution in [2.24, 2.45) is 0 Å². The standard InChI is InChI=1S/C21H27N3O3/c1-16(17-9-6-5-7-10-17)24(3)21(26)15-23(2)14-20(25)22-18-11-8-12-19(13-18)27-4/h5-13,16H,14-15H2,1-4H3,(H,22,25)/p+1/t16-/m0/s1. The molecule has 2 rings (SSSR count). The Balaban J connectivity index is 1.85. The molecule has 27 heavy (non-hydrogen) atoms. The molecule has 2 N–H and O–H groups in total. The predicted molar refractivity (Wildman–Crippen MR) is 106 cm³/mol. The van der Waals surface area contributed by atoms with Gasteiger partial charge in [-0.2, -0.15) is 0 Å². The number of ether oxygens (including phenoxy) is 1. The van der Waals surface area contributed by atoms with E-state index in [9.17, 15) is 9.59 Å². The minimum Gasteiger partial charge on any atom is -0.497 e. The van der Waals surface area contributed by atoms with Gasteiger partial charge in [0.2, 0.25) is 0 Å². The van der Waals surface area contributed by atoms with E-state index in [2.05, 4.69) is 5.32 Å². The summed E-state index contributed by atoms with van der Waals surface area (Å²) in [5.74, 6) is 0.533. The molecule has 0 radical (unpaired) electrons. The number of anilines is 1. The summed E-state index contributed by atoms with van der Waals surface area (Å²) >= 11 is 0. The number of benzene rings is 2.